The van der Waals surface area contributed by atoms with Gasteiger partial charge in [0.1, 0.15) is 18.3 Å². The number of hydrogen-bond acceptors (Lipinski definition) is 6. The maximum atomic E-state index is 11.9. The smallest absolute Gasteiger partial charge is 0.330 e. The first-order valence-corrected chi connectivity index (χ1v) is 6.76. The Bertz CT molecular complexity index is 663. The third kappa shape index (κ3) is 2.44. The van der Waals surface area contributed by atoms with Gasteiger partial charge in [0, 0.05) is 11.8 Å². The Kier molecular flexibility index (Phi) is 3.28. The summed E-state index contributed by atoms with van der Waals surface area (Å²) in [5, 5.41) is 10.4. The predicted octanol–water partition coefficient (Wildman–Crippen LogP) is -0.745. The van der Waals surface area contributed by atoms with Crippen molar-refractivity contribution >= 4 is 0 Å². The molecule has 0 amide bonds. The molecule has 4 atom stereocenters. The fourth-order valence-corrected chi connectivity index (χ4v) is 2.65. The number of ether oxygens (including phenoxy) is 3. The molecule has 0 bridgehead atoms. The number of aliphatic hydroxyl groups excluding tert-OH is 1. The summed E-state index contributed by atoms with van der Waals surface area (Å²) >= 11 is 0. The fraction of sp³-hybridized carbons (Fsp3) is 0.692. The highest BCUT2D eigenvalue weighted by Gasteiger charge is 2.51. The fourth-order valence-electron chi connectivity index (χ4n) is 2.65. The van der Waals surface area contributed by atoms with Crippen LogP contribution in [-0.4, -0.2) is 45.4 Å². The number of aromatic amines is 1. The molecule has 0 aromatic carbocycles. The van der Waals surface area contributed by atoms with Gasteiger partial charge in [0.05, 0.1) is 6.61 Å². The number of rotatable bonds is 1. The Morgan fingerprint density at radius 3 is 2.86 bits per heavy atom. The summed E-state index contributed by atoms with van der Waals surface area (Å²) in [7, 11) is 0. The summed E-state index contributed by atoms with van der Waals surface area (Å²) in [5.74, 6) is -0.813. The van der Waals surface area contributed by atoms with E-state index in [1.807, 2.05) is 0 Å². The Hall–Kier alpha value is -1.48. The van der Waals surface area contributed by atoms with Crippen LogP contribution in [-0.2, 0) is 14.2 Å². The normalized spacial score (nSPS) is 34.7. The maximum Gasteiger partial charge on any atom is 0.330 e. The van der Waals surface area contributed by atoms with Gasteiger partial charge in [-0.1, -0.05) is 0 Å². The molecule has 0 unspecified atom stereocenters. The van der Waals surface area contributed by atoms with Gasteiger partial charge in [-0.15, -0.1) is 0 Å². The van der Waals surface area contributed by atoms with E-state index < -0.39 is 41.6 Å². The van der Waals surface area contributed by atoms with Crippen LogP contribution >= 0.6 is 0 Å². The number of aryl methyl sites for hydroxylation is 1. The molecule has 1 aromatic rings. The van der Waals surface area contributed by atoms with Gasteiger partial charge in [0.15, 0.2) is 12.0 Å². The summed E-state index contributed by atoms with van der Waals surface area (Å²) in [6.07, 6.45) is -1.62. The molecule has 8 heteroatoms. The van der Waals surface area contributed by atoms with Crippen LogP contribution < -0.4 is 11.2 Å². The second kappa shape index (κ2) is 4.77. The van der Waals surface area contributed by atoms with Gasteiger partial charge in [-0.3, -0.25) is 14.3 Å². The Labute approximate surface area is 120 Å². The zero-order valence-electron chi connectivity index (χ0n) is 12.0. The van der Waals surface area contributed by atoms with Gasteiger partial charge in [-0.2, -0.15) is 0 Å². The molecule has 2 N–H and O–H groups in total. The van der Waals surface area contributed by atoms with Gasteiger partial charge in [-0.25, -0.2) is 4.79 Å². The summed E-state index contributed by atoms with van der Waals surface area (Å²) in [4.78, 5) is 25.5. The van der Waals surface area contributed by atoms with E-state index in [-0.39, 0.29) is 6.61 Å². The van der Waals surface area contributed by atoms with Crippen molar-refractivity contribution < 1.29 is 19.3 Å². The van der Waals surface area contributed by atoms with Crippen molar-refractivity contribution in [2.45, 2.75) is 51.1 Å². The standard InChI is InChI=1S/C13H18N2O6/c1-6-4-15(12(18)14-10(6)17)11-8(16)9-7(20-11)5-19-13(2,3)21-9/h4,7-9,11,16H,5H2,1-3H3,(H,14,17,18)/t7-,8-,9+,11-/m0/s1. The molecule has 2 saturated heterocycles. The van der Waals surface area contributed by atoms with Gasteiger partial charge in [0.25, 0.3) is 5.56 Å². The van der Waals surface area contributed by atoms with Crippen LogP contribution in [0.25, 0.3) is 0 Å². The third-order valence-electron chi connectivity index (χ3n) is 3.74. The second-order valence-electron chi connectivity index (χ2n) is 5.83. The molecule has 1 aromatic heterocycles. The van der Waals surface area contributed by atoms with E-state index in [4.69, 9.17) is 14.2 Å². The topological polar surface area (TPSA) is 103 Å². The van der Waals surface area contributed by atoms with E-state index in [0.29, 0.717) is 5.56 Å². The highest BCUT2D eigenvalue weighted by molar-refractivity contribution is 5.03. The molecule has 0 spiro atoms. The molecule has 3 rings (SSSR count). The molecule has 21 heavy (non-hydrogen) atoms. The Balaban J connectivity index is 1.94. The van der Waals surface area contributed by atoms with E-state index in [0.717, 1.165) is 0 Å². The number of nitrogens with one attached hydrogen (secondary N) is 1. The molecule has 2 aliphatic rings. The second-order valence-corrected chi connectivity index (χ2v) is 5.83. The first-order chi connectivity index (χ1) is 9.78. The van der Waals surface area contributed by atoms with Gasteiger partial charge in [-0.05, 0) is 20.8 Å². The molecule has 0 aliphatic carbocycles. The van der Waals surface area contributed by atoms with Crippen LogP contribution in [0, 0.1) is 6.92 Å². The highest BCUT2D eigenvalue weighted by Crippen LogP contribution is 2.36. The van der Waals surface area contributed by atoms with Gasteiger partial charge >= 0.3 is 5.69 Å². The molecule has 0 radical (unpaired) electrons. The zero-order valence-corrected chi connectivity index (χ0v) is 12.0. The van der Waals surface area contributed by atoms with Crippen LogP contribution in [0.1, 0.15) is 25.6 Å². The average Bonchev–Trinajstić information content (AvgIpc) is 2.70. The first kappa shape index (κ1) is 14.5. The van der Waals surface area contributed by atoms with E-state index in [9.17, 15) is 14.7 Å². The minimum atomic E-state index is -1.03. The number of hydrogen-bond donors (Lipinski definition) is 2. The molecule has 8 nitrogen and oxygen atoms in total. The lowest BCUT2D eigenvalue weighted by molar-refractivity contribution is -0.300. The number of aliphatic hydroxyl groups is 1. The van der Waals surface area contributed by atoms with Crippen LogP contribution in [0.5, 0.6) is 0 Å². The van der Waals surface area contributed by atoms with Crippen molar-refractivity contribution in [3.8, 4) is 0 Å². The van der Waals surface area contributed by atoms with Crippen molar-refractivity contribution in [3.05, 3.63) is 32.6 Å². The molecule has 2 aliphatic heterocycles. The summed E-state index contributed by atoms with van der Waals surface area (Å²) in [6, 6.07) is 0. The zero-order chi connectivity index (χ0) is 15.4. The number of fused-ring (bicyclic) bond motifs is 1. The number of aromatic nitrogens is 2. The summed E-state index contributed by atoms with van der Waals surface area (Å²) in [5.41, 5.74) is -0.729. The van der Waals surface area contributed by atoms with E-state index in [1.165, 1.54) is 10.8 Å². The monoisotopic (exact) mass is 298 g/mol. The lowest BCUT2D eigenvalue weighted by atomic mass is 10.1. The third-order valence-corrected chi connectivity index (χ3v) is 3.74. The van der Waals surface area contributed by atoms with Crippen LogP contribution in [0.15, 0.2) is 15.8 Å². The molecule has 116 valence electrons. The summed E-state index contributed by atoms with van der Waals surface area (Å²) < 4.78 is 18.0. The Morgan fingerprint density at radius 2 is 2.14 bits per heavy atom. The van der Waals surface area contributed by atoms with Crippen molar-refractivity contribution in [1.29, 1.82) is 0 Å². The Morgan fingerprint density at radius 1 is 1.43 bits per heavy atom. The molecule has 2 fully saturated rings. The van der Waals surface area contributed by atoms with Crippen molar-refractivity contribution in [1.82, 2.24) is 9.55 Å². The van der Waals surface area contributed by atoms with E-state index in [1.54, 1.807) is 20.8 Å². The van der Waals surface area contributed by atoms with Crippen LogP contribution in [0.3, 0.4) is 0 Å². The van der Waals surface area contributed by atoms with Crippen LogP contribution in [0.2, 0.25) is 0 Å². The first-order valence-electron chi connectivity index (χ1n) is 6.76. The SMILES string of the molecule is Cc1cn([C@H]2O[C@H]3COC(C)(C)O[C@H]3[C@@H]2O)c(=O)[nH]c1=O. The molecule has 3 heterocycles. The molecular formula is C13H18N2O6. The van der Waals surface area contributed by atoms with Gasteiger partial charge < -0.3 is 19.3 Å². The van der Waals surface area contributed by atoms with Crippen LogP contribution in [0.4, 0.5) is 0 Å². The highest BCUT2D eigenvalue weighted by atomic mass is 16.7. The van der Waals surface area contributed by atoms with E-state index in [2.05, 4.69) is 4.98 Å². The van der Waals surface area contributed by atoms with Gasteiger partial charge in [0.2, 0.25) is 0 Å². The quantitative estimate of drug-likeness (QED) is 0.707. The molecule has 0 saturated carbocycles. The lowest BCUT2D eigenvalue weighted by Gasteiger charge is -2.37. The van der Waals surface area contributed by atoms with Crippen molar-refractivity contribution in [2.24, 2.45) is 0 Å². The number of nitrogens with zero attached hydrogens (tertiary/aromatic N) is 1. The average molecular weight is 298 g/mol. The largest absolute Gasteiger partial charge is 0.386 e. The van der Waals surface area contributed by atoms with Crippen molar-refractivity contribution in [2.75, 3.05) is 6.61 Å². The maximum absolute atomic E-state index is 11.9. The predicted molar refractivity (Wildman–Crippen MR) is 70.9 cm³/mol. The van der Waals surface area contributed by atoms with E-state index >= 15 is 0 Å². The number of H-pyrrole nitrogens is 1. The summed E-state index contributed by atoms with van der Waals surface area (Å²) in [6.45, 7) is 5.34. The minimum absolute atomic E-state index is 0.266. The van der Waals surface area contributed by atoms with Crippen molar-refractivity contribution in [3.63, 3.8) is 0 Å². The molecular weight excluding hydrogens is 280 g/mol. The minimum Gasteiger partial charge on any atom is -0.386 e. The lowest BCUT2D eigenvalue weighted by Crippen LogP contribution is -2.50.